The van der Waals surface area contributed by atoms with E-state index in [4.69, 9.17) is 5.73 Å². The molecule has 0 spiro atoms. The molecule has 110 valence electrons. The highest BCUT2D eigenvalue weighted by Gasteiger charge is 2.27. The van der Waals surface area contributed by atoms with Gasteiger partial charge in [-0.2, -0.15) is 0 Å². The van der Waals surface area contributed by atoms with Crippen LogP contribution in [-0.4, -0.2) is 30.1 Å². The molecule has 2 amide bonds. The van der Waals surface area contributed by atoms with E-state index in [0.717, 1.165) is 30.4 Å². The molecule has 0 bridgehead atoms. The molecule has 0 unspecified atom stereocenters. The maximum atomic E-state index is 11.1. The Kier molecular flexibility index (Phi) is 4.70. The first-order chi connectivity index (χ1) is 9.38. The lowest BCUT2D eigenvalue weighted by Gasteiger charge is -2.37. The Labute approximate surface area is 128 Å². The van der Waals surface area contributed by atoms with E-state index in [1.54, 1.807) is 4.90 Å². The standard InChI is InChI=1S/C15H22BrN3O/c1-15(2,11-3-5-12(16)6-4-11)18-13-7-9-19(10-8-13)14(17)20/h3-6,13,18H,7-10H2,1-2H3,(H2,17,20). The fourth-order valence-corrected chi connectivity index (χ4v) is 2.97. The molecule has 1 aromatic rings. The van der Waals surface area contributed by atoms with Gasteiger partial charge in [0.2, 0.25) is 0 Å². The highest BCUT2D eigenvalue weighted by Crippen LogP contribution is 2.24. The Morgan fingerprint density at radius 1 is 1.30 bits per heavy atom. The number of nitrogens with zero attached hydrogens (tertiary/aromatic N) is 1. The van der Waals surface area contributed by atoms with Gasteiger partial charge < -0.3 is 16.0 Å². The summed E-state index contributed by atoms with van der Waals surface area (Å²) >= 11 is 3.46. The van der Waals surface area contributed by atoms with Crippen molar-refractivity contribution in [2.75, 3.05) is 13.1 Å². The van der Waals surface area contributed by atoms with Gasteiger partial charge in [0.15, 0.2) is 0 Å². The van der Waals surface area contributed by atoms with Gasteiger partial charge in [0.05, 0.1) is 0 Å². The first-order valence-electron chi connectivity index (χ1n) is 6.96. The van der Waals surface area contributed by atoms with Crippen LogP contribution in [0.25, 0.3) is 0 Å². The summed E-state index contributed by atoms with van der Waals surface area (Å²) in [5.41, 5.74) is 6.49. The maximum Gasteiger partial charge on any atom is 0.314 e. The van der Waals surface area contributed by atoms with Crippen LogP contribution in [0.3, 0.4) is 0 Å². The number of urea groups is 1. The lowest BCUT2D eigenvalue weighted by molar-refractivity contribution is 0.176. The molecule has 5 heteroatoms. The number of rotatable bonds is 3. The molecular formula is C15H22BrN3O. The lowest BCUT2D eigenvalue weighted by Crippen LogP contribution is -2.51. The Morgan fingerprint density at radius 2 is 1.85 bits per heavy atom. The van der Waals surface area contributed by atoms with Crippen molar-refractivity contribution < 1.29 is 4.79 Å². The van der Waals surface area contributed by atoms with E-state index in [0.29, 0.717) is 6.04 Å². The van der Waals surface area contributed by atoms with E-state index >= 15 is 0 Å². The van der Waals surface area contributed by atoms with Gasteiger partial charge >= 0.3 is 6.03 Å². The zero-order chi connectivity index (χ0) is 14.8. The van der Waals surface area contributed by atoms with Crippen molar-refractivity contribution in [2.45, 2.75) is 38.3 Å². The largest absolute Gasteiger partial charge is 0.351 e. The summed E-state index contributed by atoms with van der Waals surface area (Å²) in [6.45, 7) is 5.86. The third-order valence-electron chi connectivity index (χ3n) is 3.94. The number of nitrogens with two attached hydrogens (primary N) is 1. The predicted molar refractivity (Wildman–Crippen MR) is 84.5 cm³/mol. The minimum atomic E-state index is -0.310. The van der Waals surface area contributed by atoms with Crippen molar-refractivity contribution in [3.63, 3.8) is 0 Å². The fourth-order valence-electron chi connectivity index (χ4n) is 2.70. The zero-order valence-corrected chi connectivity index (χ0v) is 13.6. The van der Waals surface area contributed by atoms with E-state index in [-0.39, 0.29) is 11.6 Å². The van der Waals surface area contributed by atoms with Crippen LogP contribution in [0.5, 0.6) is 0 Å². The third kappa shape index (κ3) is 3.73. The van der Waals surface area contributed by atoms with Crippen LogP contribution < -0.4 is 11.1 Å². The van der Waals surface area contributed by atoms with Gasteiger partial charge in [0, 0.05) is 29.1 Å². The van der Waals surface area contributed by atoms with E-state index < -0.39 is 0 Å². The van der Waals surface area contributed by atoms with E-state index in [1.807, 2.05) is 0 Å². The number of primary amides is 1. The molecule has 0 aliphatic carbocycles. The smallest absolute Gasteiger partial charge is 0.314 e. The summed E-state index contributed by atoms with van der Waals surface area (Å²) in [4.78, 5) is 12.8. The maximum absolute atomic E-state index is 11.1. The molecule has 20 heavy (non-hydrogen) atoms. The molecule has 0 saturated carbocycles. The predicted octanol–water partition coefficient (Wildman–Crippen LogP) is 2.82. The summed E-state index contributed by atoms with van der Waals surface area (Å²) in [6.07, 6.45) is 1.89. The second-order valence-corrected chi connectivity index (χ2v) is 6.79. The van der Waals surface area contributed by atoms with Crippen molar-refractivity contribution >= 4 is 22.0 Å². The van der Waals surface area contributed by atoms with Crippen LogP contribution in [-0.2, 0) is 5.54 Å². The Hall–Kier alpha value is -1.07. The fraction of sp³-hybridized carbons (Fsp3) is 0.533. The van der Waals surface area contributed by atoms with Crippen molar-refractivity contribution in [3.8, 4) is 0 Å². The van der Waals surface area contributed by atoms with Crippen LogP contribution in [0.15, 0.2) is 28.7 Å². The highest BCUT2D eigenvalue weighted by atomic mass is 79.9. The van der Waals surface area contributed by atoms with Crippen molar-refractivity contribution in [3.05, 3.63) is 34.3 Å². The van der Waals surface area contributed by atoms with Gasteiger partial charge in [-0.1, -0.05) is 28.1 Å². The third-order valence-corrected chi connectivity index (χ3v) is 4.47. The van der Waals surface area contributed by atoms with E-state index in [2.05, 4.69) is 59.4 Å². The average Bonchev–Trinajstić information content (AvgIpc) is 2.39. The van der Waals surface area contributed by atoms with Crippen LogP contribution in [0, 0.1) is 0 Å². The summed E-state index contributed by atoms with van der Waals surface area (Å²) < 4.78 is 1.09. The Bertz CT molecular complexity index is 465. The number of amides is 2. The number of halogens is 1. The van der Waals surface area contributed by atoms with Gasteiger partial charge in [-0.3, -0.25) is 0 Å². The van der Waals surface area contributed by atoms with E-state index in [9.17, 15) is 4.79 Å². The number of benzene rings is 1. The van der Waals surface area contributed by atoms with Crippen LogP contribution in [0.2, 0.25) is 0 Å². The minimum Gasteiger partial charge on any atom is -0.351 e. The van der Waals surface area contributed by atoms with Crippen LogP contribution in [0.1, 0.15) is 32.3 Å². The lowest BCUT2D eigenvalue weighted by atomic mass is 9.91. The number of piperidine rings is 1. The Morgan fingerprint density at radius 3 is 2.35 bits per heavy atom. The summed E-state index contributed by atoms with van der Waals surface area (Å²) in [5, 5.41) is 3.70. The first kappa shape index (κ1) is 15.3. The topological polar surface area (TPSA) is 58.4 Å². The molecule has 1 aromatic carbocycles. The molecule has 1 aliphatic heterocycles. The van der Waals surface area contributed by atoms with Crippen molar-refractivity contribution in [2.24, 2.45) is 5.73 Å². The molecule has 1 heterocycles. The number of carbonyl (C=O) groups is 1. The molecule has 1 aliphatic rings. The molecule has 1 saturated heterocycles. The van der Waals surface area contributed by atoms with Crippen molar-refractivity contribution in [1.82, 2.24) is 10.2 Å². The summed E-state index contributed by atoms with van der Waals surface area (Å²) in [7, 11) is 0. The number of carbonyl (C=O) groups excluding carboxylic acids is 1. The SMILES string of the molecule is CC(C)(NC1CCN(C(N)=O)CC1)c1ccc(Br)cc1. The summed E-state index contributed by atoms with van der Waals surface area (Å²) in [5.74, 6) is 0. The average molecular weight is 340 g/mol. The number of likely N-dealkylation sites (tertiary alicyclic amines) is 1. The van der Waals surface area contributed by atoms with Gasteiger partial charge in [0.1, 0.15) is 0 Å². The number of hydrogen-bond donors (Lipinski definition) is 2. The van der Waals surface area contributed by atoms with Gasteiger partial charge in [-0.25, -0.2) is 4.79 Å². The second kappa shape index (κ2) is 6.14. The van der Waals surface area contributed by atoms with Crippen molar-refractivity contribution in [1.29, 1.82) is 0 Å². The van der Waals surface area contributed by atoms with Gasteiger partial charge in [-0.15, -0.1) is 0 Å². The molecule has 4 nitrogen and oxygen atoms in total. The molecule has 3 N–H and O–H groups in total. The number of hydrogen-bond acceptors (Lipinski definition) is 2. The quantitative estimate of drug-likeness (QED) is 0.889. The molecule has 0 aromatic heterocycles. The van der Waals surface area contributed by atoms with Gasteiger partial charge in [-0.05, 0) is 44.4 Å². The molecule has 1 fully saturated rings. The molecule has 0 radical (unpaired) electrons. The second-order valence-electron chi connectivity index (χ2n) is 5.88. The summed E-state index contributed by atoms with van der Waals surface area (Å²) in [6, 6.07) is 8.51. The molecular weight excluding hydrogens is 318 g/mol. The first-order valence-corrected chi connectivity index (χ1v) is 7.76. The molecule has 0 atom stereocenters. The zero-order valence-electron chi connectivity index (χ0n) is 12.0. The monoisotopic (exact) mass is 339 g/mol. The normalized spacial score (nSPS) is 17.2. The molecule has 2 rings (SSSR count). The van der Waals surface area contributed by atoms with Gasteiger partial charge in [0.25, 0.3) is 0 Å². The van der Waals surface area contributed by atoms with E-state index in [1.165, 1.54) is 5.56 Å². The van der Waals surface area contributed by atoms with Crippen LogP contribution in [0.4, 0.5) is 4.79 Å². The number of nitrogens with one attached hydrogen (secondary N) is 1. The highest BCUT2D eigenvalue weighted by molar-refractivity contribution is 9.10. The Balaban J connectivity index is 1.95. The van der Waals surface area contributed by atoms with Crippen LogP contribution >= 0.6 is 15.9 Å². The minimum absolute atomic E-state index is 0.0831.